The summed E-state index contributed by atoms with van der Waals surface area (Å²) < 4.78 is 0. The summed E-state index contributed by atoms with van der Waals surface area (Å²) in [5.74, 6) is 0.755. The van der Waals surface area contributed by atoms with Crippen LogP contribution in [-0.2, 0) is 0 Å². The van der Waals surface area contributed by atoms with Crippen molar-refractivity contribution in [1.29, 1.82) is 0 Å². The lowest BCUT2D eigenvalue weighted by atomic mass is 10.1. The molecule has 0 saturated heterocycles. The zero-order valence-electron chi connectivity index (χ0n) is 11.5. The molecule has 0 aromatic carbocycles. The highest BCUT2D eigenvalue weighted by Gasteiger charge is 2.18. The molecule has 0 rings (SSSR count). The molecule has 0 fully saturated rings. The first-order valence-electron chi connectivity index (χ1n) is 6.50. The maximum Gasteiger partial charge on any atom is 0.0218 e. The van der Waals surface area contributed by atoms with E-state index in [4.69, 9.17) is 0 Å². The van der Waals surface area contributed by atoms with Crippen LogP contribution in [0.25, 0.3) is 0 Å². The third-order valence-electron chi connectivity index (χ3n) is 3.02. The van der Waals surface area contributed by atoms with Crippen LogP contribution in [0.1, 0.15) is 48.0 Å². The van der Waals surface area contributed by atoms with Crippen LogP contribution in [0.3, 0.4) is 0 Å². The molecule has 2 unspecified atom stereocenters. The average molecular weight is 214 g/mol. The molecule has 0 heterocycles. The fourth-order valence-electron chi connectivity index (χ4n) is 1.91. The fraction of sp³-hybridized carbons (Fsp3) is 1.00. The summed E-state index contributed by atoms with van der Waals surface area (Å²) in [7, 11) is 0. The SMILES string of the molecule is CCCNC(C)C(C)N(CC)CC(C)C. The van der Waals surface area contributed by atoms with Gasteiger partial charge in [0.1, 0.15) is 0 Å². The van der Waals surface area contributed by atoms with E-state index >= 15 is 0 Å². The minimum Gasteiger partial charge on any atom is -0.313 e. The predicted molar refractivity (Wildman–Crippen MR) is 69.3 cm³/mol. The van der Waals surface area contributed by atoms with E-state index in [0.29, 0.717) is 12.1 Å². The largest absolute Gasteiger partial charge is 0.313 e. The second-order valence-electron chi connectivity index (χ2n) is 4.96. The van der Waals surface area contributed by atoms with Crippen molar-refractivity contribution in [2.45, 2.75) is 60.0 Å². The van der Waals surface area contributed by atoms with Gasteiger partial charge in [0.05, 0.1) is 0 Å². The highest BCUT2D eigenvalue weighted by Crippen LogP contribution is 2.07. The van der Waals surface area contributed by atoms with E-state index in [-0.39, 0.29) is 0 Å². The number of rotatable bonds is 8. The van der Waals surface area contributed by atoms with E-state index in [9.17, 15) is 0 Å². The summed E-state index contributed by atoms with van der Waals surface area (Å²) >= 11 is 0. The normalized spacial score (nSPS) is 16.0. The Balaban J connectivity index is 4.05. The van der Waals surface area contributed by atoms with Crippen LogP contribution < -0.4 is 5.32 Å². The summed E-state index contributed by atoms with van der Waals surface area (Å²) in [4.78, 5) is 2.57. The van der Waals surface area contributed by atoms with Gasteiger partial charge in [0.2, 0.25) is 0 Å². The van der Waals surface area contributed by atoms with Gasteiger partial charge < -0.3 is 5.32 Å². The van der Waals surface area contributed by atoms with E-state index in [1.54, 1.807) is 0 Å². The van der Waals surface area contributed by atoms with E-state index < -0.39 is 0 Å². The Morgan fingerprint density at radius 1 is 1.07 bits per heavy atom. The first-order chi connectivity index (χ1) is 7.02. The first kappa shape index (κ1) is 14.9. The molecule has 2 atom stereocenters. The molecule has 0 amide bonds. The van der Waals surface area contributed by atoms with Crippen molar-refractivity contribution in [2.24, 2.45) is 5.92 Å². The van der Waals surface area contributed by atoms with Crippen LogP contribution >= 0.6 is 0 Å². The van der Waals surface area contributed by atoms with Gasteiger partial charge in [0.25, 0.3) is 0 Å². The van der Waals surface area contributed by atoms with Crippen LogP contribution in [0.2, 0.25) is 0 Å². The van der Waals surface area contributed by atoms with Crippen molar-refractivity contribution in [1.82, 2.24) is 10.2 Å². The minimum atomic E-state index is 0.587. The van der Waals surface area contributed by atoms with Crippen LogP contribution in [0, 0.1) is 5.92 Å². The molecule has 0 saturated carbocycles. The van der Waals surface area contributed by atoms with Gasteiger partial charge in [-0.1, -0.05) is 27.7 Å². The predicted octanol–water partition coefficient (Wildman–Crippen LogP) is 2.74. The Kier molecular flexibility index (Phi) is 8.07. The number of hydrogen-bond acceptors (Lipinski definition) is 2. The van der Waals surface area contributed by atoms with Crippen molar-refractivity contribution in [3.63, 3.8) is 0 Å². The van der Waals surface area contributed by atoms with Crippen molar-refractivity contribution < 1.29 is 0 Å². The molecule has 0 aromatic heterocycles. The molecule has 0 aliphatic rings. The average Bonchev–Trinajstić information content (AvgIpc) is 2.21. The van der Waals surface area contributed by atoms with Crippen LogP contribution in [0.15, 0.2) is 0 Å². The lowest BCUT2D eigenvalue weighted by Crippen LogP contribution is -2.48. The fourth-order valence-corrected chi connectivity index (χ4v) is 1.91. The van der Waals surface area contributed by atoms with Crippen molar-refractivity contribution in [3.05, 3.63) is 0 Å². The third kappa shape index (κ3) is 6.16. The summed E-state index contributed by atoms with van der Waals surface area (Å²) in [6, 6.07) is 1.22. The van der Waals surface area contributed by atoms with Crippen LogP contribution in [-0.4, -0.2) is 36.6 Å². The lowest BCUT2D eigenvalue weighted by Gasteiger charge is -2.34. The van der Waals surface area contributed by atoms with Crippen LogP contribution in [0.4, 0.5) is 0 Å². The van der Waals surface area contributed by atoms with E-state index in [1.807, 2.05) is 0 Å². The van der Waals surface area contributed by atoms with E-state index in [0.717, 1.165) is 19.0 Å². The second-order valence-corrected chi connectivity index (χ2v) is 4.96. The molecule has 2 heteroatoms. The van der Waals surface area contributed by atoms with Gasteiger partial charge in [0, 0.05) is 18.6 Å². The molecule has 0 bridgehead atoms. The molecule has 0 aliphatic heterocycles. The molecule has 0 aromatic rings. The molecule has 15 heavy (non-hydrogen) atoms. The van der Waals surface area contributed by atoms with Gasteiger partial charge in [-0.3, -0.25) is 4.90 Å². The number of hydrogen-bond donors (Lipinski definition) is 1. The smallest absolute Gasteiger partial charge is 0.0218 e. The first-order valence-corrected chi connectivity index (χ1v) is 6.50. The van der Waals surface area contributed by atoms with Crippen LogP contribution in [0.5, 0.6) is 0 Å². The second kappa shape index (κ2) is 8.12. The standard InChI is InChI=1S/C13H30N2/c1-7-9-14-12(5)13(6)15(8-2)10-11(3)4/h11-14H,7-10H2,1-6H3. The zero-order valence-corrected chi connectivity index (χ0v) is 11.5. The highest BCUT2D eigenvalue weighted by molar-refractivity contribution is 4.77. The summed E-state index contributed by atoms with van der Waals surface area (Å²) in [5, 5.41) is 3.58. The quantitative estimate of drug-likeness (QED) is 0.668. The minimum absolute atomic E-state index is 0.587. The highest BCUT2D eigenvalue weighted by atomic mass is 15.2. The van der Waals surface area contributed by atoms with Crippen molar-refractivity contribution in [2.75, 3.05) is 19.6 Å². The molecule has 1 N–H and O–H groups in total. The Hall–Kier alpha value is -0.0800. The molecule has 0 spiro atoms. The van der Waals surface area contributed by atoms with Gasteiger partial charge in [-0.05, 0) is 39.3 Å². The molecule has 0 radical (unpaired) electrons. The number of nitrogens with one attached hydrogen (secondary N) is 1. The Morgan fingerprint density at radius 2 is 1.67 bits per heavy atom. The van der Waals surface area contributed by atoms with Crippen molar-refractivity contribution >= 4 is 0 Å². The van der Waals surface area contributed by atoms with Crippen molar-refractivity contribution in [3.8, 4) is 0 Å². The molecule has 0 aliphatic carbocycles. The molecule has 2 nitrogen and oxygen atoms in total. The van der Waals surface area contributed by atoms with Gasteiger partial charge in [-0.2, -0.15) is 0 Å². The summed E-state index contributed by atoms with van der Waals surface area (Å²) in [6.07, 6.45) is 1.22. The van der Waals surface area contributed by atoms with E-state index in [1.165, 1.54) is 13.0 Å². The maximum absolute atomic E-state index is 3.58. The van der Waals surface area contributed by atoms with E-state index in [2.05, 4.69) is 51.8 Å². The molecular weight excluding hydrogens is 184 g/mol. The Bertz CT molecular complexity index is 145. The summed E-state index contributed by atoms with van der Waals surface area (Å²) in [5.41, 5.74) is 0. The van der Waals surface area contributed by atoms with Gasteiger partial charge >= 0.3 is 0 Å². The monoisotopic (exact) mass is 214 g/mol. The maximum atomic E-state index is 3.58. The van der Waals surface area contributed by atoms with Gasteiger partial charge in [0.15, 0.2) is 0 Å². The summed E-state index contributed by atoms with van der Waals surface area (Å²) in [6.45, 7) is 17.2. The third-order valence-corrected chi connectivity index (χ3v) is 3.02. The molecular formula is C13H30N2. The topological polar surface area (TPSA) is 15.3 Å². The number of likely N-dealkylation sites (N-methyl/N-ethyl adjacent to an activating group) is 1. The zero-order chi connectivity index (χ0) is 11.8. The Labute approximate surface area is 96.4 Å². The molecule has 92 valence electrons. The van der Waals surface area contributed by atoms with Gasteiger partial charge in [-0.25, -0.2) is 0 Å². The lowest BCUT2D eigenvalue weighted by molar-refractivity contribution is 0.165. The Morgan fingerprint density at radius 3 is 2.07 bits per heavy atom. The number of nitrogens with zero attached hydrogens (tertiary/aromatic N) is 1. The van der Waals surface area contributed by atoms with Gasteiger partial charge in [-0.15, -0.1) is 0 Å².